The van der Waals surface area contributed by atoms with Crippen molar-refractivity contribution in [2.75, 3.05) is 21.3 Å². The summed E-state index contributed by atoms with van der Waals surface area (Å²) in [4.78, 5) is 43.1. The van der Waals surface area contributed by atoms with Gasteiger partial charge in [0, 0.05) is 18.2 Å². The number of ether oxygens (including phenoxy) is 3. The highest BCUT2D eigenvalue weighted by atomic mass is 16.5. The largest absolute Gasteiger partial charge is 0.493 e. The number of nitrogens with zero attached hydrogens (tertiary/aromatic N) is 1. The van der Waals surface area contributed by atoms with Gasteiger partial charge < -0.3 is 24.4 Å². The van der Waals surface area contributed by atoms with Crippen LogP contribution in [0.2, 0.25) is 0 Å². The van der Waals surface area contributed by atoms with Gasteiger partial charge >= 0.3 is 0 Å². The number of fused-ring (bicyclic) bond motifs is 1. The molecular formula is C39H42N2O6. The molecule has 0 fully saturated rings. The molecule has 8 heteroatoms. The molecule has 0 unspecified atom stereocenters. The number of hydrogen-bond donors (Lipinski definition) is 1. The first-order chi connectivity index (χ1) is 22.9. The lowest BCUT2D eigenvalue weighted by Crippen LogP contribution is -2.45. The number of ketones is 1. The van der Waals surface area contributed by atoms with Crippen LogP contribution in [0.5, 0.6) is 17.2 Å². The predicted molar refractivity (Wildman–Crippen MR) is 181 cm³/mol. The van der Waals surface area contributed by atoms with Crippen LogP contribution in [0.4, 0.5) is 0 Å². The fourth-order valence-corrected chi connectivity index (χ4v) is 6.29. The van der Waals surface area contributed by atoms with E-state index in [-0.39, 0.29) is 35.6 Å². The quantitative estimate of drug-likeness (QED) is 0.118. The van der Waals surface area contributed by atoms with E-state index in [4.69, 9.17) is 14.2 Å². The van der Waals surface area contributed by atoms with Crippen LogP contribution in [0.1, 0.15) is 64.3 Å². The lowest BCUT2D eigenvalue weighted by molar-refractivity contribution is -0.137. The molecule has 4 aromatic rings. The van der Waals surface area contributed by atoms with Crippen molar-refractivity contribution in [3.05, 3.63) is 125 Å². The van der Waals surface area contributed by atoms with E-state index in [1.165, 1.54) is 49.5 Å². The molecule has 1 aliphatic rings. The van der Waals surface area contributed by atoms with Gasteiger partial charge in [0.1, 0.15) is 6.04 Å². The summed E-state index contributed by atoms with van der Waals surface area (Å²) in [5.74, 6) is -0.995. The number of nitrogens with one attached hydrogen (secondary N) is 1. The molecule has 244 valence electrons. The molecule has 1 heterocycles. The number of aryl methyl sites for hydroxylation is 2. The van der Waals surface area contributed by atoms with Crippen molar-refractivity contribution in [3.8, 4) is 17.2 Å². The molecule has 0 saturated carbocycles. The van der Waals surface area contributed by atoms with E-state index in [2.05, 4.69) is 29.6 Å². The predicted octanol–water partition coefficient (Wildman–Crippen LogP) is 6.51. The van der Waals surface area contributed by atoms with Crippen molar-refractivity contribution in [3.63, 3.8) is 0 Å². The van der Waals surface area contributed by atoms with Gasteiger partial charge in [-0.2, -0.15) is 0 Å². The Balaban J connectivity index is 1.35. The number of methoxy groups -OCH3 is 3. The average molecular weight is 635 g/mol. The summed E-state index contributed by atoms with van der Waals surface area (Å²) in [6.07, 6.45) is 5.22. The minimum Gasteiger partial charge on any atom is -0.493 e. The minimum absolute atomic E-state index is 0.0827. The van der Waals surface area contributed by atoms with Crippen LogP contribution in [0, 0.1) is 0 Å². The zero-order valence-electron chi connectivity index (χ0n) is 27.2. The molecule has 0 radical (unpaired) electrons. The second kappa shape index (κ2) is 15.9. The van der Waals surface area contributed by atoms with Crippen molar-refractivity contribution < 1.29 is 28.6 Å². The number of Topliss-reactive ketones (excluding diaryl/α,β-unsaturated/α-hetero) is 1. The molecule has 8 nitrogen and oxygen atoms in total. The van der Waals surface area contributed by atoms with E-state index >= 15 is 0 Å². The van der Waals surface area contributed by atoms with E-state index in [0.29, 0.717) is 5.75 Å². The van der Waals surface area contributed by atoms with Crippen LogP contribution in [-0.2, 0) is 29.0 Å². The summed E-state index contributed by atoms with van der Waals surface area (Å²) in [5, 5.41) is 3.29. The number of rotatable bonds is 15. The Morgan fingerprint density at radius 3 is 1.81 bits per heavy atom. The van der Waals surface area contributed by atoms with Crippen LogP contribution in [0.15, 0.2) is 97.1 Å². The molecule has 1 N–H and O–H groups in total. The maximum atomic E-state index is 14.2. The third kappa shape index (κ3) is 8.01. The smallest absolute Gasteiger partial charge is 0.296 e. The molecule has 0 aliphatic carbocycles. The number of carbonyl (C=O) groups excluding carboxylic acids is 3. The number of benzene rings is 4. The molecule has 1 aliphatic heterocycles. The zero-order chi connectivity index (χ0) is 33.2. The summed E-state index contributed by atoms with van der Waals surface area (Å²) in [7, 11) is 4.36. The van der Waals surface area contributed by atoms with Gasteiger partial charge in [-0.3, -0.25) is 14.4 Å². The molecule has 1 atom stereocenters. The van der Waals surface area contributed by atoms with Gasteiger partial charge in [0.2, 0.25) is 11.7 Å². The number of hydrogen-bond acceptors (Lipinski definition) is 6. The molecule has 2 amide bonds. The van der Waals surface area contributed by atoms with Crippen LogP contribution < -0.4 is 19.5 Å². The third-order valence-corrected chi connectivity index (χ3v) is 8.70. The standard InChI is InChI=1S/C39H42N2O6/c1-45-33-24-30(25-34(46-2)37(33)47-3)36(42)39(44)41-26-29-20-10-11-23-32(29)35(41)38(43)40-31(21-12-18-27-14-6-4-7-15-27)22-13-19-28-16-8-5-9-17-28/h4-11,14-17,20,23-25,31,35H,12-13,18-19,21-22,26H2,1-3H3,(H,40,43)/t35-/m0/s1. The lowest BCUT2D eigenvalue weighted by Gasteiger charge is -2.27. The number of amides is 2. The van der Waals surface area contributed by atoms with Crippen molar-refractivity contribution in [1.82, 2.24) is 10.2 Å². The third-order valence-electron chi connectivity index (χ3n) is 8.70. The van der Waals surface area contributed by atoms with Crippen LogP contribution in [0.3, 0.4) is 0 Å². The van der Waals surface area contributed by atoms with Crippen LogP contribution in [-0.4, -0.2) is 49.9 Å². The Morgan fingerprint density at radius 1 is 0.745 bits per heavy atom. The van der Waals surface area contributed by atoms with Gasteiger partial charge in [-0.05, 0) is 72.9 Å². The first-order valence-electron chi connectivity index (χ1n) is 16.0. The zero-order valence-corrected chi connectivity index (χ0v) is 27.2. The Hall–Kier alpha value is -5.11. The second-order valence-electron chi connectivity index (χ2n) is 11.7. The van der Waals surface area contributed by atoms with Gasteiger partial charge in [-0.25, -0.2) is 0 Å². The van der Waals surface area contributed by atoms with Crippen LogP contribution >= 0.6 is 0 Å². The Bertz CT molecular complexity index is 1600. The minimum atomic E-state index is -0.935. The fraction of sp³-hybridized carbons (Fsp3) is 0.308. The van der Waals surface area contributed by atoms with Crippen LogP contribution in [0.25, 0.3) is 0 Å². The normalized spacial score (nSPS) is 13.6. The summed E-state index contributed by atoms with van der Waals surface area (Å²) in [6, 6.07) is 30.0. The van der Waals surface area contributed by atoms with E-state index in [1.807, 2.05) is 60.7 Å². The Labute approximate surface area is 276 Å². The monoisotopic (exact) mass is 634 g/mol. The van der Waals surface area contributed by atoms with E-state index < -0.39 is 17.7 Å². The molecule has 0 aromatic heterocycles. The Morgan fingerprint density at radius 2 is 1.28 bits per heavy atom. The summed E-state index contributed by atoms with van der Waals surface area (Å²) >= 11 is 0. The topological polar surface area (TPSA) is 94.2 Å². The molecule has 0 spiro atoms. The van der Waals surface area contributed by atoms with Gasteiger partial charge in [0.15, 0.2) is 11.5 Å². The van der Waals surface area contributed by atoms with Crippen molar-refractivity contribution in [2.24, 2.45) is 0 Å². The molecule has 5 rings (SSSR count). The van der Waals surface area contributed by atoms with Crippen molar-refractivity contribution in [1.29, 1.82) is 0 Å². The average Bonchev–Trinajstić information content (AvgIpc) is 3.51. The summed E-state index contributed by atoms with van der Waals surface area (Å²) in [5.41, 5.74) is 4.16. The first-order valence-corrected chi connectivity index (χ1v) is 16.0. The van der Waals surface area contributed by atoms with Crippen molar-refractivity contribution in [2.45, 2.75) is 57.2 Å². The first kappa shape index (κ1) is 33.3. The maximum absolute atomic E-state index is 14.2. The van der Waals surface area contributed by atoms with E-state index in [9.17, 15) is 14.4 Å². The highest BCUT2D eigenvalue weighted by molar-refractivity contribution is 6.43. The second-order valence-corrected chi connectivity index (χ2v) is 11.7. The Kier molecular flexibility index (Phi) is 11.3. The molecule has 0 saturated heterocycles. The highest BCUT2D eigenvalue weighted by Gasteiger charge is 2.41. The highest BCUT2D eigenvalue weighted by Crippen LogP contribution is 2.39. The summed E-state index contributed by atoms with van der Waals surface area (Å²) < 4.78 is 16.2. The fourth-order valence-electron chi connectivity index (χ4n) is 6.29. The van der Waals surface area contributed by atoms with E-state index in [0.717, 1.165) is 49.7 Å². The van der Waals surface area contributed by atoms with Gasteiger partial charge in [0.25, 0.3) is 11.7 Å². The molecule has 4 aromatic carbocycles. The van der Waals surface area contributed by atoms with Gasteiger partial charge in [-0.1, -0.05) is 84.9 Å². The molecular weight excluding hydrogens is 592 g/mol. The number of carbonyl (C=O) groups is 3. The molecule has 0 bridgehead atoms. The van der Waals surface area contributed by atoms with Gasteiger partial charge in [-0.15, -0.1) is 0 Å². The SMILES string of the molecule is COc1cc(C(=O)C(=O)N2Cc3ccccc3[C@H]2C(=O)NC(CCCc2ccccc2)CCCc2ccccc2)cc(OC)c1OC. The summed E-state index contributed by atoms with van der Waals surface area (Å²) in [6.45, 7) is 0.149. The van der Waals surface area contributed by atoms with Crippen molar-refractivity contribution >= 4 is 17.6 Å². The van der Waals surface area contributed by atoms with Gasteiger partial charge in [0.05, 0.1) is 21.3 Å². The van der Waals surface area contributed by atoms with E-state index in [1.54, 1.807) is 0 Å². The molecule has 47 heavy (non-hydrogen) atoms. The lowest BCUT2D eigenvalue weighted by atomic mass is 9.98. The maximum Gasteiger partial charge on any atom is 0.296 e.